The molecule has 0 spiro atoms. The van der Waals surface area contributed by atoms with E-state index >= 15 is 0 Å². The standard InChI is InChI=1S/C14H12NO/c1-2-6-12(7-3-1)10-15-11-16-14-9-5-4-8-13(14)15/h1-9,11H,10H2/q+1. The second-order valence-electron chi connectivity index (χ2n) is 3.80. The van der Waals surface area contributed by atoms with Crippen LogP contribution in [0.15, 0.2) is 65.4 Å². The van der Waals surface area contributed by atoms with Crippen molar-refractivity contribution in [1.29, 1.82) is 0 Å². The monoisotopic (exact) mass is 210 g/mol. The molecular weight excluding hydrogens is 198 g/mol. The third-order valence-electron chi connectivity index (χ3n) is 2.68. The van der Waals surface area contributed by atoms with Gasteiger partial charge in [0.15, 0.2) is 6.54 Å². The van der Waals surface area contributed by atoms with E-state index in [-0.39, 0.29) is 0 Å². The van der Waals surface area contributed by atoms with Crippen LogP contribution in [0.1, 0.15) is 5.56 Å². The number of hydrogen-bond acceptors (Lipinski definition) is 1. The van der Waals surface area contributed by atoms with E-state index in [2.05, 4.69) is 34.9 Å². The first-order valence-corrected chi connectivity index (χ1v) is 5.33. The van der Waals surface area contributed by atoms with Crippen molar-refractivity contribution in [2.45, 2.75) is 6.54 Å². The van der Waals surface area contributed by atoms with Crippen molar-refractivity contribution < 1.29 is 8.98 Å². The molecule has 3 aromatic rings. The molecule has 0 amide bonds. The molecule has 0 aliphatic heterocycles. The fourth-order valence-electron chi connectivity index (χ4n) is 1.87. The van der Waals surface area contributed by atoms with Crippen molar-refractivity contribution >= 4 is 11.1 Å². The van der Waals surface area contributed by atoms with Gasteiger partial charge in [-0.3, -0.25) is 0 Å². The van der Waals surface area contributed by atoms with Crippen LogP contribution in [0.3, 0.4) is 0 Å². The minimum absolute atomic E-state index is 0.845. The van der Waals surface area contributed by atoms with Crippen LogP contribution in [-0.4, -0.2) is 0 Å². The zero-order valence-corrected chi connectivity index (χ0v) is 8.84. The maximum absolute atomic E-state index is 5.48. The van der Waals surface area contributed by atoms with E-state index in [4.69, 9.17) is 4.42 Å². The van der Waals surface area contributed by atoms with Crippen LogP contribution in [0.5, 0.6) is 0 Å². The first-order valence-electron chi connectivity index (χ1n) is 5.33. The Balaban J connectivity index is 2.01. The van der Waals surface area contributed by atoms with Gasteiger partial charge in [-0.2, -0.15) is 4.57 Å². The zero-order valence-electron chi connectivity index (χ0n) is 8.84. The number of para-hydroxylation sites is 2. The van der Waals surface area contributed by atoms with Crippen LogP contribution in [-0.2, 0) is 6.54 Å². The molecular formula is C14H12NO+. The highest BCUT2D eigenvalue weighted by atomic mass is 16.3. The lowest BCUT2D eigenvalue weighted by molar-refractivity contribution is -0.667. The molecule has 0 unspecified atom stereocenters. The smallest absolute Gasteiger partial charge is 0.335 e. The lowest BCUT2D eigenvalue weighted by atomic mass is 10.2. The van der Waals surface area contributed by atoms with Crippen molar-refractivity contribution in [3.63, 3.8) is 0 Å². The Morgan fingerprint density at radius 2 is 1.62 bits per heavy atom. The minimum atomic E-state index is 0.845. The Morgan fingerprint density at radius 1 is 0.875 bits per heavy atom. The van der Waals surface area contributed by atoms with Gasteiger partial charge in [-0.1, -0.05) is 42.5 Å². The van der Waals surface area contributed by atoms with Crippen LogP contribution in [0.25, 0.3) is 11.1 Å². The summed E-state index contributed by atoms with van der Waals surface area (Å²) in [6, 6.07) is 18.4. The van der Waals surface area contributed by atoms with Crippen LogP contribution in [0.2, 0.25) is 0 Å². The predicted octanol–water partition coefficient (Wildman–Crippen LogP) is 2.77. The predicted molar refractivity (Wildman–Crippen MR) is 62.0 cm³/mol. The maximum Gasteiger partial charge on any atom is 0.335 e. The number of benzene rings is 2. The Labute approximate surface area is 93.8 Å². The molecule has 0 saturated carbocycles. The Bertz CT molecular complexity index is 598. The molecule has 0 bridgehead atoms. The SMILES string of the molecule is c1ccc(C[n+]2coc3ccccc32)cc1. The average Bonchev–Trinajstić information content (AvgIpc) is 2.74. The number of fused-ring (bicyclic) bond motifs is 1. The van der Waals surface area contributed by atoms with Crippen molar-refractivity contribution in [3.05, 3.63) is 66.6 Å². The van der Waals surface area contributed by atoms with Gasteiger partial charge in [0.2, 0.25) is 5.58 Å². The average molecular weight is 210 g/mol. The topological polar surface area (TPSA) is 17.0 Å². The Morgan fingerprint density at radius 3 is 2.50 bits per heavy atom. The molecule has 0 saturated heterocycles. The van der Waals surface area contributed by atoms with E-state index in [1.807, 2.05) is 24.3 Å². The molecule has 2 heteroatoms. The first-order chi connectivity index (χ1) is 7.93. The summed E-state index contributed by atoms with van der Waals surface area (Å²) < 4.78 is 7.60. The third-order valence-corrected chi connectivity index (χ3v) is 2.68. The molecule has 1 aromatic heterocycles. The van der Waals surface area contributed by atoms with E-state index in [1.54, 1.807) is 6.39 Å². The fraction of sp³-hybridized carbons (Fsp3) is 0.0714. The van der Waals surface area contributed by atoms with Crippen LogP contribution < -0.4 is 4.57 Å². The fourth-order valence-corrected chi connectivity index (χ4v) is 1.87. The Hall–Kier alpha value is -2.09. The summed E-state index contributed by atoms with van der Waals surface area (Å²) in [6.45, 7) is 0.845. The molecule has 78 valence electrons. The van der Waals surface area contributed by atoms with Crippen molar-refractivity contribution in [2.24, 2.45) is 0 Å². The largest absolute Gasteiger partial charge is 0.404 e. The second kappa shape index (κ2) is 3.81. The van der Waals surface area contributed by atoms with Crippen LogP contribution in [0.4, 0.5) is 0 Å². The molecule has 2 aromatic carbocycles. The molecule has 0 radical (unpaired) electrons. The number of rotatable bonds is 2. The van der Waals surface area contributed by atoms with E-state index in [9.17, 15) is 0 Å². The highest BCUT2D eigenvalue weighted by Gasteiger charge is 2.12. The highest BCUT2D eigenvalue weighted by molar-refractivity contribution is 5.67. The van der Waals surface area contributed by atoms with Gasteiger partial charge in [0.1, 0.15) is 0 Å². The summed E-state index contributed by atoms with van der Waals surface area (Å²) in [7, 11) is 0. The van der Waals surface area contributed by atoms with Crippen molar-refractivity contribution in [2.75, 3.05) is 0 Å². The number of oxazole rings is 1. The third kappa shape index (κ3) is 1.58. The highest BCUT2D eigenvalue weighted by Crippen LogP contribution is 2.10. The van der Waals surface area contributed by atoms with E-state index in [0.29, 0.717) is 0 Å². The lowest BCUT2D eigenvalue weighted by Gasteiger charge is -1.93. The summed E-state index contributed by atoms with van der Waals surface area (Å²) in [5, 5.41) is 0. The molecule has 0 aliphatic carbocycles. The number of hydrogen-bond donors (Lipinski definition) is 0. The van der Waals surface area contributed by atoms with Gasteiger partial charge < -0.3 is 4.42 Å². The zero-order chi connectivity index (χ0) is 10.8. The summed E-state index contributed by atoms with van der Waals surface area (Å²) in [5.41, 5.74) is 3.34. The molecule has 16 heavy (non-hydrogen) atoms. The summed E-state index contributed by atoms with van der Waals surface area (Å²) >= 11 is 0. The van der Waals surface area contributed by atoms with Gasteiger partial charge in [0, 0.05) is 11.6 Å². The van der Waals surface area contributed by atoms with Gasteiger partial charge in [-0.05, 0) is 6.07 Å². The van der Waals surface area contributed by atoms with E-state index < -0.39 is 0 Å². The molecule has 0 N–H and O–H groups in total. The van der Waals surface area contributed by atoms with E-state index in [0.717, 1.165) is 17.6 Å². The molecule has 1 heterocycles. The lowest BCUT2D eigenvalue weighted by Crippen LogP contribution is -2.31. The molecule has 3 rings (SSSR count). The van der Waals surface area contributed by atoms with Gasteiger partial charge in [0.25, 0.3) is 5.52 Å². The first kappa shape index (κ1) is 9.16. The maximum atomic E-state index is 5.48. The van der Waals surface area contributed by atoms with Crippen LogP contribution in [0, 0.1) is 0 Å². The summed E-state index contributed by atoms with van der Waals surface area (Å²) in [5.74, 6) is 0. The molecule has 0 aliphatic rings. The van der Waals surface area contributed by atoms with Crippen molar-refractivity contribution in [3.8, 4) is 0 Å². The van der Waals surface area contributed by atoms with Gasteiger partial charge >= 0.3 is 6.39 Å². The van der Waals surface area contributed by atoms with Crippen LogP contribution >= 0.6 is 0 Å². The minimum Gasteiger partial charge on any atom is -0.404 e. The summed E-state index contributed by atoms with van der Waals surface area (Å²) in [6.07, 6.45) is 1.78. The van der Waals surface area contributed by atoms with E-state index in [1.165, 1.54) is 5.56 Å². The number of aromatic nitrogens is 1. The Kier molecular flexibility index (Phi) is 2.18. The number of nitrogens with zero attached hydrogens (tertiary/aromatic N) is 1. The van der Waals surface area contributed by atoms with Gasteiger partial charge in [-0.25, -0.2) is 0 Å². The summed E-state index contributed by atoms with van der Waals surface area (Å²) in [4.78, 5) is 0. The van der Waals surface area contributed by atoms with Gasteiger partial charge in [-0.15, -0.1) is 0 Å². The molecule has 0 atom stereocenters. The van der Waals surface area contributed by atoms with Gasteiger partial charge in [0.05, 0.1) is 0 Å². The quantitative estimate of drug-likeness (QED) is 0.594. The van der Waals surface area contributed by atoms with Crippen molar-refractivity contribution in [1.82, 2.24) is 0 Å². The molecule has 0 fully saturated rings. The normalized spacial score (nSPS) is 10.8. The second-order valence-corrected chi connectivity index (χ2v) is 3.80. The molecule has 2 nitrogen and oxygen atoms in total.